The van der Waals surface area contributed by atoms with Gasteiger partial charge in [-0.15, -0.1) is 0 Å². The third-order valence-electron chi connectivity index (χ3n) is 3.22. The molecule has 0 aromatic heterocycles. The van der Waals surface area contributed by atoms with Crippen LogP contribution in [0.2, 0.25) is 10.0 Å². The summed E-state index contributed by atoms with van der Waals surface area (Å²) in [6.07, 6.45) is 0. The molecule has 1 heterocycles. The van der Waals surface area contributed by atoms with Crippen LogP contribution in [0.15, 0.2) is 18.2 Å². The van der Waals surface area contributed by atoms with Crippen molar-refractivity contribution in [2.75, 3.05) is 51.3 Å². The fourth-order valence-electron chi connectivity index (χ4n) is 2.06. The lowest BCUT2D eigenvalue weighted by atomic mass is 10.3. The van der Waals surface area contributed by atoms with Gasteiger partial charge in [-0.1, -0.05) is 29.3 Å². The van der Waals surface area contributed by atoms with Crippen LogP contribution >= 0.6 is 23.2 Å². The molecule has 1 saturated heterocycles. The minimum Gasteiger partial charge on any atom is -0.379 e. The molecule has 21 heavy (non-hydrogen) atoms. The van der Waals surface area contributed by atoms with Crippen molar-refractivity contribution in [1.29, 1.82) is 0 Å². The summed E-state index contributed by atoms with van der Waals surface area (Å²) in [5, 5.41) is 6.70. The first-order valence-corrected chi connectivity index (χ1v) is 7.67. The number of halogens is 2. The summed E-state index contributed by atoms with van der Waals surface area (Å²) in [4.78, 5) is 14.1. The van der Waals surface area contributed by atoms with E-state index < -0.39 is 0 Å². The lowest BCUT2D eigenvalue weighted by Gasteiger charge is -2.26. The van der Waals surface area contributed by atoms with Crippen molar-refractivity contribution in [3.8, 4) is 0 Å². The summed E-state index contributed by atoms with van der Waals surface area (Å²) in [6.45, 7) is 5.35. The van der Waals surface area contributed by atoms with Crippen molar-refractivity contribution in [2.45, 2.75) is 0 Å². The summed E-state index contributed by atoms with van der Waals surface area (Å²) in [7, 11) is 0. The van der Waals surface area contributed by atoms with Crippen LogP contribution in [-0.4, -0.2) is 56.7 Å². The molecule has 1 fully saturated rings. The van der Waals surface area contributed by atoms with E-state index in [-0.39, 0.29) is 12.5 Å². The number of benzene rings is 1. The zero-order valence-electron chi connectivity index (χ0n) is 11.7. The predicted octanol–water partition coefficient (Wildman–Crippen LogP) is 1.85. The zero-order valence-corrected chi connectivity index (χ0v) is 13.2. The molecule has 0 aliphatic carbocycles. The highest BCUT2D eigenvalue weighted by molar-refractivity contribution is 6.39. The summed E-state index contributed by atoms with van der Waals surface area (Å²) in [6, 6.07) is 5.12. The summed E-state index contributed by atoms with van der Waals surface area (Å²) in [5.74, 6) is -0.160. The van der Waals surface area contributed by atoms with Crippen molar-refractivity contribution in [3.63, 3.8) is 0 Å². The minimum atomic E-state index is -0.160. The van der Waals surface area contributed by atoms with Gasteiger partial charge in [0.25, 0.3) is 0 Å². The third-order valence-corrected chi connectivity index (χ3v) is 3.85. The van der Waals surface area contributed by atoms with Crippen molar-refractivity contribution >= 4 is 34.8 Å². The molecule has 0 atom stereocenters. The van der Waals surface area contributed by atoms with Crippen molar-refractivity contribution in [1.82, 2.24) is 10.2 Å². The van der Waals surface area contributed by atoms with Gasteiger partial charge in [0, 0.05) is 26.2 Å². The van der Waals surface area contributed by atoms with E-state index in [0.717, 1.165) is 39.4 Å². The van der Waals surface area contributed by atoms with Gasteiger partial charge in [0.1, 0.15) is 0 Å². The molecule has 0 unspecified atom stereocenters. The Balaban J connectivity index is 1.67. The lowest BCUT2D eigenvalue weighted by Crippen LogP contribution is -2.41. The quantitative estimate of drug-likeness (QED) is 0.781. The van der Waals surface area contributed by atoms with Crippen LogP contribution in [0.5, 0.6) is 0 Å². The van der Waals surface area contributed by atoms with E-state index in [2.05, 4.69) is 15.5 Å². The van der Waals surface area contributed by atoms with E-state index in [1.165, 1.54) is 0 Å². The highest BCUT2D eigenvalue weighted by Gasteiger charge is 2.11. The minimum absolute atomic E-state index is 0.160. The molecular weight excluding hydrogens is 313 g/mol. The molecule has 1 aliphatic heterocycles. The number of carbonyl (C=O) groups is 1. The van der Waals surface area contributed by atoms with E-state index in [9.17, 15) is 4.79 Å². The van der Waals surface area contributed by atoms with Crippen LogP contribution in [0.3, 0.4) is 0 Å². The molecule has 2 N–H and O–H groups in total. The lowest BCUT2D eigenvalue weighted by molar-refractivity contribution is -0.115. The molecule has 2 rings (SSSR count). The first kappa shape index (κ1) is 16.5. The maximum atomic E-state index is 11.8. The number of amides is 1. The Morgan fingerprint density at radius 3 is 2.57 bits per heavy atom. The first-order chi connectivity index (χ1) is 10.2. The van der Waals surface area contributed by atoms with Gasteiger partial charge in [0.05, 0.1) is 35.5 Å². The fraction of sp³-hybridized carbons (Fsp3) is 0.500. The second-order valence-electron chi connectivity index (χ2n) is 4.78. The number of rotatable bonds is 6. The fourth-order valence-corrected chi connectivity index (χ4v) is 2.56. The van der Waals surface area contributed by atoms with E-state index in [4.69, 9.17) is 27.9 Å². The normalized spacial score (nSPS) is 15.9. The molecule has 1 aromatic rings. The van der Waals surface area contributed by atoms with Gasteiger partial charge in [0.2, 0.25) is 5.91 Å². The van der Waals surface area contributed by atoms with Crippen LogP contribution in [-0.2, 0) is 9.53 Å². The number of nitrogens with zero attached hydrogens (tertiary/aromatic N) is 1. The third kappa shape index (κ3) is 5.45. The number of hydrogen-bond acceptors (Lipinski definition) is 4. The van der Waals surface area contributed by atoms with Gasteiger partial charge in [-0.2, -0.15) is 0 Å². The number of hydrogen-bond donors (Lipinski definition) is 2. The average Bonchev–Trinajstić information content (AvgIpc) is 2.49. The first-order valence-electron chi connectivity index (χ1n) is 6.91. The Morgan fingerprint density at radius 2 is 1.90 bits per heavy atom. The molecule has 7 heteroatoms. The second-order valence-corrected chi connectivity index (χ2v) is 5.59. The van der Waals surface area contributed by atoms with Crippen LogP contribution in [0.4, 0.5) is 5.69 Å². The molecule has 1 amide bonds. The largest absolute Gasteiger partial charge is 0.379 e. The molecule has 0 saturated carbocycles. The number of morpholine rings is 1. The van der Waals surface area contributed by atoms with E-state index in [1.807, 2.05) is 0 Å². The van der Waals surface area contributed by atoms with Crippen molar-refractivity contribution in [2.24, 2.45) is 0 Å². The SMILES string of the molecule is O=C(CNCCN1CCOCC1)Nc1c(Cl)cccc1Cl. The second kappa shape index (κ2) is 8.56. The van der Waals surface area contributed by atoms with Crippen LogP contribution in [0, 0.1) is 0 Å². The predicted molar refractivity (Wildman–Crippen MR) is 85.2 cm³/mol. The number of ether oxygens (including phenoxy) is 1. The summed E-state index contributed by atoms with van der Waals surface area (Å²) < 4.78 is 5.28. The number of nitrogens with one attached hydrogen (secondary N) is 2. The van der Waals surface area contributed by atoms with Gasteiger partial charge >= 0.3 is 0 Å². The highest BCUT2D eigenvalue weighted by Crippen LogP contribution is 2.29. The Labute approximate surface area is 134 Å². The maximum absolute atomic E-state index is 11.8. The van der Waals surface area contributed by atoms with Crippen LogP contribution in [0.25, 0.3) is 0 Å². The standard InChI is InChI=1S/C14H19Cl2N3O2/c15-11-2-1-3-12(16)14(11)18-13(20)10-17-4-5-19-6-8-21-9-7-19/h1-3,17H,4-10H2,(H,18,20). The number of para-hydroxylation sites is 1. The Bertz CT molecular complexity index is 459. The highest BCUT2D eigenvalue weighted by atomic mass is 35.5. The Morgan fingerprint density at radius 1 is 1.24 bits per heavy atom. The van der Waals surface area contributed by atoms with E-state index in [1.54, 1.807) is 18.2 Å². The summed E-state index contributed by atoms with van der Waals surface area (Å²) >= 11 is 12.0. The molecular formula is C14H19Cl2N3O2. The smallest absolute Gasteiger partial charge is 0.238 e. The van der Waals surface area contributed by atoms with Gasteiger partial charge in [-0.3, -0.25) is 9.69 Å². The maximum Gasteiger partial charge on any atom is 0.238 e. The van der Waals surface area contributed by atoms with Gasteiger partial charge in [-0.05, 0) is 12.1 Å². The molecule has 5 nitrogen and oxygen atoms in total. The Kier molecular flexibility index (Phi) is 6.73. The van der Waals surface area contributed by atoms with Gasteiger partial charge in [-0.25, -0.2) is 0 Å². The van der Waals surface area contributed by atoms with Crippen molar-refractivity contribution in [3.05, 3.63) is 28.2 Å². The molecule has 1 aromatic carbocycles. The topological polar surface area (TPSA) is 53.6 Å². The molecule has 0 spiro atoms. The van der Waals surface area contributed by atoms with E-state index >= 15 is 0 Å². The summed E-state index contributed by atoms with van der Waals surface area (Å²) in [5.41, 5.74) is 0.459. The van der Waals surface area contributed by atoms with Gasteiger partial charge < -0.3 is 15.4 Å². The number of anilines is 1. The molecule has 1 aliphatic rings. The zero-order chi connectivity index (χ0) is 15.1. The molecule has 0 bridgehead atoms. The monoisotopic (exact) mass is 331 g/mol. The van der Waals surface area contributed by atoms with Crippen LogP contribution in [0.1, 0.15) is 0 Å². The van der Waals surface area contributed by atoms with Gasteiger partial charge in [0.15, 0.2) is 0 Å². The van der Waals surface area contributed by atoms with Crippen LogP contribution < -0.4 is 10.6 Å². The Hall–Kier alpha value is -0.850. The van der Waals surface area contributed by atoms with Crippen molar-refractivity contribution < 1.29 is 9.53 Å². The number of carbonyl (C=O) groups excluding carboxylic acids is 1. The molecule has 116 valence electrons. The average molecular weight is 332 g/mol. The van der Waals surface area contributed by atoms with E-state index in [0.29, 0.717) is 15.7 Å². The molecule has 0 radical (unpaired) electrons.